The van der Waals surface area contributed by atoms with E-state index >= 15 is 0 Å². The number of nitrogen functional groups attached to an aromatic ring is 1. The average molecular weight is 551 g/mol. The highest BCUT2D eigenvalue weighted by atomic mass is 16.5. The van der Waals surface area contributed by atoms with Crippen LogP contribution in [0.4, 0.5) is 5.82 Å². The number of hydrogen-bond donors (Lipinski definition) is 2. The molecule has 0 radical (unpaired) electrons. The molecule has 3 N–H and O–H groups in total. The number of carbonyl (C=O) groups is 1. The number of aromatic amines is 1. The third-order valence-electron chi connectivity index (χ3n) is 7.17. The number of nitrogens with one attached hydrogen (secondary N) is 1. The van der Waals surface area contributed by atoms with Gasteiger partial charge >= 0.3 is 0 Å². The smallest absolute Gasteiger partial charge is 0.264 e. The molecule has 0 saturated carbocycles. The summed E-state index contributed by atoms with van der Waals surface area (Å²) < 4.78 is 11.6. The third-order valence-corrected chi connectivity index (χ3v) is 7.17. The van der Waals surface area contributed by atoms with Gasteiger partial charge in [0.05, 0.1) is 22.2 Å². The molecule has 1 atom stereocenters. The summed E-state index contributed by atoms with van der Waals surface area (Å²) in [5.41, 5.74) is 8.79. The maximum atomic E-state index is 13.4. The number of nitrogens with zero attached hydrogens (tertiary/aromatic N) is 4. The number of aromatic nitrogens is 3. The molecule has 41 heavy (non-hydrogen) atoms. The van der Waals surface area contributed by atoms with Gasteiger partial charge in [-0.05, 0) is 82.2 Å². The van der Waals surface area contributed by atoms with Crippen LogP contribution in [0, 0.1) is 11.3 Å². The molecule has 1 aliphatic heterocycles. The van der Waals surface area contributed by atoms with E-state index in [0.29, 0.717) is 36.8 Å². The molecule has 9 heteroatoms. The highest BCUT2D eigenvalue weighted by Gasteiger charge is 2.32. The normalized spacial score (nSPS) is 15.7. The molecule has 0 spiro atoms. The van der Waals surface area contributed by atoms with Crippen molar-refractivity contribution in [2.75, 3.05) is 18.9 Å². The number of H-pyrrole nitrogens is 1. The quantitative estimate of drug-likeness (QED) is 0.199. The number of pyridine rings is 1. The lowest BCUT2D eigenvalue weighted by Crippen LogP contribution is -2.38. The predicted octanol–water partition coefficient (Wildman–Crippen LogP) is 5.80. The fraction of sp³-hybridized carbons (Fsp3) is 0.312. The van der Waals surface area contributed by atoms with E-state index in [1.165, 1.54) is 0 Å². The lowest BCUT2D eigenvalue weighted by molar-refractivity contribution is -0.127. The maximum absolute atomic E-state index is 13.4. The van der Waals surface area contributed by atoms with E-state index in [2.05, 4.69) is 16.3 Å². The van der Waals surface area contributed by atoms with E-state index in [4.69, 9.17) is 20.2 Å². The summed E-state index contributed by atoms with van der Waals surface area (Å²) in [6.07, 6.45) is 3.84. The summed E-state index contributed by atoms with van der Waals surface area (Å²) >= 11 is 0. The lowest BCUT2D eigenvalue weighted by Gasteiger charge is -2.26. The Hall–Kier alpha value is -4.68. The van der Waals surface area contributed by atoms with Crippen molar-refractivity contribution >= 4 is 22.6 Å². The Labute approximate surface area is 239 Å². The van der Waals surface area contributed by atoms with Crippen molar-refractivity contribution in [1.29, 1.82) is 5.26 Å². The first-order valence-corrected chi connectivity index (χ1v) is 13.8. The molecule has 2 aromatic carbocycles. The number of nitriles is 1. The van der Waals surface area contributed by atoms with Gasteiger partial charge in [0.15, 0.2) is 5.82 Å². The molecular formula is C32H34N6O3. The molecule has 0 unspecified atom stereocenters. The first-order valence-electron chi connectivity index (χ1n) is 13.8. The molecule has 0 aliphatic carbocycles. The fourth-order valence-corrected chi connectivity index (χ4v) is 5.36. The zero-order valence-electron chi connectivity index (χ0n) is 23.6. The van der Waals surface area contributed by atoms with Crippen molar-refractivity contribution in [2.24, 2.45) is 0 Å². The Morgan fingerprint density at radius 1 is 1.20 bits per heavy atom. The number of nitrogens with two attached hydrogens (primary N) is 1. The number of anilines is 1. The topological polar surface area (TPSA) is 130 Å². The summed E-state index contributed by atoms with van der Waals surface area (Å²) in [6, 6.07) is 21.2. The highest BCUT2D eigenvalue weighted by Crippen LogP contribution is 2.33. The molecule has 1 amide bonds. The van der Waals surface area contributed by atoms with Crippen LogP contribution < -0.4 is 10.5 Å². The standard InChI is InChI=1S/C32H34N6O3/c1-4-40-32(2,3)19-22(20-33)31(39)38-16-8-9-24(38)17-23-18-27-28(30(34)37-36-27)29(35-23)21-12-14-26(15-13-21)41-25-10-6-5-7-11-25/h5-7,10-15,18-19,24H,4,8-9,16-17H2,1-3H3,(H3,34,36,37)/t24-/m1/s1. The van der Waals surface area contributed by atoms with Gasteiger partial charge in [-0.3, -0.25) is 14.9 Å². The van der Waals surface area contributed by atoms with Crippen LogP contribution in [0.2, 0.25) is 0 Å². The zero-order chi connectivity index (χ0) is 29.0. The Balaban J connectivity index is 1.41. The van der Waals surface area contributed by atoms with Crippen LogP contribution in [0.25, 0.3) is 22.2 Å². The molecule has 1 saturated heterocycles. The second-order valence-electron chi connectivity index (χ2n) is 10.6. The van der Waals surface area contributed by atoms with Crippen LogP contribution in [0.15, 0.2) is 72.3 Å². The number of amides is 1. The minimum Gasteiger partial charge on any atom is -0.457 e. The second-order valence-corrected chi connectivity index (χ2v) is 10.6. The van der Waals surface area contributed by atoms with Crippen LogP contribution in [0.5, 0.6) is 11.5 Å². The molecule has 2 aromatic heterocycles. The third kappa shape index (κ3) is 6.23. The molecule has 9 nitrogen and oxygen atoms in total. The van der Waals surface area contributed by atoms with Gasteiger partial charge in [0.1, 0.15) is 23.1 Å². The first-order chi connectivity index (χ1) is 19.8. The zero-order valence-corrected chi connectivity index (χ0v) is 23.6. The highest BCUT2D eigenvalue weighted by molar-refractivity contribution is 6.00. The van der Waals surface area contributed by atoms with Crippen LogP contribution in [0.1, 0.15) is 39.3 Å². The predicted molar refractivity (Wildman–Crippen MR) is 158 cm³/mol. The van der Waals surface area contributed by atoms with Crippen molar-refractivity contribution in [2.45, 2.75) is 51.7 Å². The maximum Gasteiger partial charge on any atom is 0.264 e. The van der Waals surface area contributed by atoms with Crippen LogP contribution >= 0.6 is 0 Å². The number of benzene rings is 2. The summed E-state index contributed by atoms with van der Waals surface area (Å²) in [7, 11) is 0. The lowest BCUT2D eigenvalue weighted by atomic mass is 10.0. The SMILES string of the molecule is CCOC(C)(C)C=C(C#N)C(=O)N1CCC[C@@H]1Cc1cc2[nH]nc(N)c2c(-c2ccc(Oc3ccccc3)cc2)n1. The molecular weight excluding hydrogens is 516 g/mol. The fourth-order valence-electron chi connectivity index (χ4n) is 5.36. The van der Waals surface area contributed by atoms with Gasteiger partial charge in [0.2, 0.25) is 0 Å². The minimum atomic E-state index is -0.714. The molecule has 1 fully saturated rings. The summed E-state index contributed by atoms with van der Waals surface area (Å²) in [5, 5.41) is 17.8. The van der Waals surface area contributed by atoms with Gasteiger partial charge in [0, 0.05) is 36.9 Å². The Morgan fingerprint density at radius 3 is 2.63 bits per heavy atom. The van der Waals surface area contributed by atoms with Gasteiger partial charge in [-0.15, -0.1) is 0 Å². The molecule has 210 valence electrons. The van der Waals surface area contributed by atoms with Crippen molar-refractivity contribution in [3.63, 3.8) is 0 Å². The number of carbonyl (C=O) groups excluding carboxylic acids is 1. The summed E-state index contributed by atoms with van der Waals surface area (Å²) in [5.74, 6) is 1.57. The summed E-state index contributed by atoms with van der Waals surface area (Å²) in [6.45, 7) is 6.66. The number of fused-ring (bicyclic) bond motifs is 1. The Bertz CT molecular complexity index is 1600. The van der Waals surface area contributed by atoms with Crippen LogP contribution in [-0.4, -0.2) is 50.8 Å². The number of rotatable bonds is 9. The largest absolute Gasteiger partial charge is 0.457 e. The van der Waals surface area contributed by atoms with E-state index in [1.807, 2.05) is 81.4 Å². The first kappa shape index (κ1) is 27.9. The van der Waals surface area contributed by atoms with Gasteiger partial charge in [-0.25, -0.2) is 0 Å². The number of ether oxygens (including phenoxy) is 2. The minimum absolute atomic E-state index is 0.0887. The number of para-hydroxylation sites is 1. The molecule has 0 bridgehead atoms. The second kappa shape index (κ2) is 11.8. The van der Waals surface area contributed by atoms with Crippen molar-refractivity contribution in [1.82, 2.24) is 20.1 Å². The van der Waals surface area contributed by atoms with E-state index in [9.17, 15) is 10.1 Å². The Kier molecular flexibility index (Phi) is 8.04. The van der Waals surface area contributed by atoms with Gasteiger partial charge in [-0.1, -0.05) is 18.2 Å². The van der Waals surface area contributed by atoms with Crippen LogP contribution in [0.3, 0.4) is 0 Å². The van der Waals surface area contributed by atoms with E-state index in [-0.39, 0.29) is 17.5 Å². The van der Waals surface area contributed by atoms with E-state index < -0.39 is 5.60 Å². The Morgan fingerprint density at radius 2 is 1.93 bits per heavy atom. The monoisotopic (exact) mass is 550 g/mol. The van der Waals surface area contributed by atoms with Gasteiger partial charge in [-0.2, -0.15) is 10.4 Å². The van der Waals surface area contributed by atoms with Gasteiger partial charge in [0.25, 0.3) is 5.91 Å². The van der Waals surface area contributed by atoms with E-state index in [0.717, 1.165) is 40.8 Å². The van der Waals surface area contributed by atoms with Crippen molar-refractivity contribution < 1.29 is 14.3 Å². The molecule has 4 aromatic rings. The molecule has 1 aliphatic rings. The van der Waals surface area contributed by atoms with Gasteiger partial charge < -0.3 is 20.1 Å². The number of hydrogen-bond acceptors (Lipinski definition) is 7. The molecule has 3 heterocycles. The van der Waals surface area contributed by atoms with E-state index in [1.54, 1.807) is 11.0 Å². The molecule has 5 rings (SSSR count). The summed E-state index contributed by atoms with van der Waals surface area (Å²) in [4.78, 5) is 20.2. The average Bonchev–Trinajstić information content (AvgIpc) is 3.58. The number of likely N-dealkylation sites (tertiary alicyclic amines) is 1. The van der Waals surface area contributed by atoms with Crippen LogP contribution in [-0.2, 0) is 16.0 Å². The van der Waals surface area contributed by atoms with Crippen molar-refractivity contribution in [3.8, 4) is 28.8 Å². The van der Waals surface area contributed by atoms with Crippen molar-refractivity contribution in [3.05, 3.63) is 78.0 Å².